The number of hydroxylamine groups is 1. The van der Waals surface area contributed by atoms with Crippen LogP contribution >= 0.6 is 0 Å². The Balaban J connectivity index is 2.35. The van der Waals surface area contributed by atoms with Crippen molar-refractivity contribution in [2.45, 2.75) is 0 Å². The van der Waals surface area contributed by atoms with E-state index in [2.05, 4.69) is 5.16 Å². The number of hydrogen-bond donors (Lipinski definition) is 1. The average Bonchev–Trinajstić information content (AvgIpc) is 2.67. The molecule has 6 heteroatoms. The van der Waals surface area contributed by atoms with Crippen molar-refractivity contribution in [2.24, 2.45) is 5.16 Å². The maximum absolute atomic E-state index is 11.5. The average molecular weight is 236 g/mol. The Morgan fingerprint density at radius 1 is 1.47 bits per heavy atom. The molecule has 0 bridgehead atoms. The number of aliphatic hydroxyl groups is 1. The first-order chi connectivity index (χ1) is 8.24. The molecule has 0 fully saturated rings. The Kier molecular flexibility index (Phi) is 3.24. The molecule has 6 nitrogen and oxygen atoms in total. The Bertz CT molecular complexity index is 478. The van der Waals surface area contributed by atoms with Crippen LogP contribution in [0.15, 0.2) is 29.4 Å². The first-order valence-electron chi connectivity index (χ1n) is 5.10. The highest BCUT2D eigenvalue weighted by molar-refractivity contribution is 6.46. The van der Waals surface area contributed by atoms with Crippen LogP contribution in [0.1, 0.15) is 5.56 Å². The van der Waals surface area contributed by atoms with E-state index in [1.54, 1.807) is 18.2 Å². The minimum Gasteiger partial charge on any atom is -0.623 e. The summed E-state index contributed by atoms with van der Waals surface area (Å²) in [6.07, 6.45) is 0. The van der Waals surface area contributed by atoms with Gasteiger partial charge in [0.15, 0.2) is 0 Å². The summed E-state index contributed by atoms with van der Waals surface area (Å²) in [5, 5.41) is 23.7. The van der Waals surface area contributed by atoms with E-state index in [0.29, 0.717) is 21.8 Å². The van der Waals surface area contributed by atoms with Gasteiger partial charge in [0.1, 0.15) is 19.4 Å². The fourth-order valence-electron chi connectivity index (χ4n) is 1.53. The number of benzene rings is 1. The van der Waals surface area contributed by atoms with Crippen molar-refractivity contribution in [3.8, 4) is 5.75 Å². The molecule has 17 heavy (non-hydrogen) atoms. The standard InChI is InChI=1S/C11H12N2O4/c1-13(15)10-8-4-2-3-5-9(8)17-11(10)12-16-7-6-14/h2-5,14H,6-7H2,1H3/b12-11?,13-10-. The summed E-state index contributed by atoms with van der Waals surface area (Å²) in [6, 6.07) is 7.13. The maximum Gasteiger partial charge on any atom is 0.330 e. The lowest BCUT2D eigenvalue weighted by molar-refractivity contribution is -0.420. The van der Waals surface area contributed by atoms with Crippen molar-refractivity contribution in [1.29, 1.82) is 0 Å². The summed E-state index contributed by atoms with van der Waals surface area (Å²) < 4.78 is 6.07. The third kappa shape index (κ3) is 2.21. The number of ether oxygens (including phenoxy) is 1. The Morgan fingerprint density at radius 2 is 2.24 bits per heavy atom. The molecular formula is C11H12N2O4. The zero-order chi connectivity index (χ0) is 12.3. The largest absolute Gasteiger partial charge is 0.623 e. The van der Waals surface area contributed by atoms with Crippen molar-refractivity contribution in [3.63, 3.8) is 0 Å². The molecule has 0 amide bonds. The van der Waals surface area contributed by atoms with Crippen LogP contribution in [0.5, 0.6) is 5.75 Å². The van der Waals surface area contributed by atoms with E-state index >= 15 is 0 Å². The van der Waals surface area contributed by atoms with Gasteiger partial charge >= 0.3 is 5.90 Å². The highest BCUT2D eigenvalue weighted by Gasteiger charge is 2.33. The fourth-order valence-corrected chi connectivity index (χ4v) is 1.53. The zero-order valence-corrected chi connectivity index (χ0v) is 9.29. The van der Waals surface area contributed by atoms with E-state index in [1.807, 2.05) is 6.07 Å². The van der Waals surface area contributed by atoms with Crippen molar-refractivity contribution in [2.75, 3.05) is 20.3 Å². The Hall–Kier alpha value is -2.08. The molecule has 0 saturated carbocycles. The van der Waals surface area contributed by atoms with E-state index in [4.69, 9.17) is 14.7 Å². The number of oxime groups is 1. The minimum atomic E-state index is -0.147. The van der Waals surface area contributed by atoms with Gasteiger partial charge in [-0.3, -0.25) is 0 Å². The number of aliphatic hydroxyl groups excluding tert-OH is 1. The first-order valence-corrected chi connectivity index (χ1v) is 5.10. The second-order valence-electron chi connectivity index (χ2n) is 3.40. The van der Waals surface area contributed by atoms with Crippen LogP contribution in [0.2, 0.25) is 0 Å². The molecule has 1 N–H and O–H groups in total. The molecule has 0 atom stereocenters. The first kappa shape index (κ1) is 11.4. The van der Waals surface area contributed by atoms with E-state index in [-0.39, 0.29) is 19.1 Å². The van der Waals surface area contributed by atoms with Crippen molar-refractivity contribution in [1.82, 2.24) is 0 Å². The second kappa shape index (κ2) is 4.84. The van der Waals surface area contributed by atoms with Crippen LogP contribution in [0.3, 0.4) is 0 Å². The van der Waals surface area contributed by atoms with E-state index in [9.17, 15) is 5.21 Å². The highest BCUT2D eigenvalue weighted by atomic mass is 16.7. The molecule has 90 valence electrons. The molecule has 0 spiro atoms. The van der Waals surface area contributed by atoms with Gasteiger partial charge < -0.3 is 19.9 Å². The molecule has 1 heterocycles. The lowest BCUT2D eigenvalue weighted by Crippen LogP contribution is -2.22. The van der Waals surface area contributed by atoms with Gasteiger partial charge in [-0.15, -0.1) is 0 Å². The minimum absolute atomic E-state index is 0.0546. The quantitative estimate of drug-likeness (QED) is 0.355. The number of fused-ring (bicyclic) bond motifs is 1. The number of nitrogens with zero attached hydrogens (tertiary/aromatic N) is 2. The van der Waals surface area contributed by atoms with Gasteiger partial charge in [0.2, 0.25) is 0 Å². The van der Waals surface area contributed by atoms with Crippen LogP contribution in [-0.2, 0) is 4.84 Å². The lowest BCUT2D eigenvalue weighted by atomic mass is 10.1. The van der Waals surface area contributed by atoms with Gasteiger partial charge in [0.25, 0.3) is 5.71 Å². The SMILES string of the molecule is C/[N+]([O-])=C1/C(=NOCCO)Oc2ccccc21. The predicted molar refractivity (Wildman–Crippen MR) is 61.2 cm³/mol. The smallest absolute Gasteiger partial charge is 0.330 e. The molecule has 1 aliphatic rings. The van der Waals surface area contributed by atoms with E-state index in [1.165, 1.54) is 7.05 Å². The summed E-state index contributed by atoms with van der Waals surface area (Å²) in [4.78, 5) is 4.80. The van der Waals surface area contributed by atoms with Gasteiger partial charge in [-0.1, -0.05) is 12.1 Å². The number of para-hydroxylation sites is 1. The predicted octanol–water partition coefficient (Wildman–Crippen LogP) is 0.331. The molecule has 0 aliphatic carbocycles. The van der Waals surface area contributed by atoms with Crippen molar-refractivity contribution >= 4 is 11.6 Å². The normalized spacial score (nSPS) is 18.8. The molecule has 0 saturated heterocycles. The maximum atomic E-state index is 11.5. The Labute approximate surface area is 98.0 Å². The van der Waals surface area contributed by atoms with Gasteiger partial charge in [0.05, 0.1) is 12.2 Å². The molecule has 1 aromatic carbocycles. The van der Waals surface area contributed by atoms with Crippen molar-refractivity contribution < 1.29 is 19.4 Å². The van der Waals surface area contributed by atoms with Crippen LogP contribution in [0, 0.1) is 5.21 Å². The van der Waals surface area contributed by atoms with E-state index in [0.717, 1.165) is 0 Å². The van der Waals surface area contributed by atoms with Crippen LogP contribution in [0.25, 0.3) is 0 Å². The van der Waals surface area contributed by atoms with Crippen LogP contribution in [0.4, 0.5) is 0 Å². The molecule has 1 aromatic rings. The third-order valence-corrected chi connectivity index (χ3v) is 2.20. The number of rotatable bonds is 3. The third-order valence-electron chi connectivity index (χ3n) is 2.20. The molecule has 2 rings (SSSR count). The fraction of sp³-hybridized carbons (Fsp3) is 0.273. The number of hydrogen-bond acceptors (Lipinski definition) is 5. The van der Waals surface area contributed by atoms with Gasteiger partial charge in [-0.05, 0) is 17.3 Å². The highest BCUT2D eigenvalue weighted by Crippen LogP contribution is 2.26. The van der Waals surface area contributed by atoms with Crippen LogP contribution in [-0.4, -0.2) is 41.7 Å². The summed E-state index contributed by atoms with van der Waals surface area (Å²) >= 11 is 0. The Morgan fingerprint density at radius 3 is 2.94 bits per heavy atom. The summed E-state index contributed by atoms with van der Waals surface area (Å²) in [5.74, 6) is 0.675. The summed E-state index contributed by atoms with van der Waals surface area (Å²) in [5.41, 5.74) is 0.995. The zero-order valence-electron chi connectivity index (χ0n) is 9.29. The lowest BCUT2D eigenvalue weighted by Gasteiger charge is -2.00. The van der Waals surface area contributed by atoms with Gasteiger partial charge in [-0.2, -0.15) is 0 Å². The van der Waals surface area contributed by atoms with E-state index < -0.39 is 0 Å². The summed E-state index contributed by atoms with van der Waals surface area (Å²) in [6.45, 7) is -0.0919. The van der Waals surface area contributed by atoms with Gasteiger partial charge in [-0.25, -0.2) is 4.74 Å². The molecule has 1 aliphatic heterocycles. The summed E-state index contributed by atoms with van der Waals surface area (Å²) in [7, 11) is 1.36. The topological polar surface area (TPSA) is 77.1 Å². The molecule has 0 aromatic heterocycles. The monoisotopic (exact) mass is 236 g/mol. The second-order valence-corrected chi connectivity index (χ2v) is 3.40. The van der Waals surface area contributed by atoms with Gasteiger partial charge in [0, 0.05) is 0 Å². The molecule has 0 radical (unpaired) electrons. The molecular weight excluding hydrogens is 224 g/mol. The molecule has 0 unspecified atom stereocenters. The van der Waals surface area contributed by atoms with Crippen LogP contribution < -0.4 is 4.74 Å². The van der Waals surface area contributed by atoms with Crippen molar-refractivity contribution in [3.05, 3.63) is 35.0 Å².